The molecule has 4 rings (SSSR count). The molecule has 0 radical (unpaired) electrons. The molecule has 1 amide bonds. The number of amides is 1. The smallest absolute Gasteiger partial charge is 0.293 e. The molecule has 0 aliphatic rings. The van der Waals surface area contributed by atoms with Gasteiger partial charge < -0.3 is 4.42 Å². The van der Waals surface area contributed by atoms with Gasteiger partial charge in [-0.1, -0.05) is 29.0 Å². The first-order valence-corrected chi connectivity index (χ1v) is 8.15. The molecule has 2 aromatic heterocycles. The van der Waals surface area contributed by atoms with Crippen molar-refractivity contribution in [3.8, 4) is 0 Å². The number of fused-ring (bicyclic) bond motifs is 2. The molecular weight excluding hydrogens is 332 g/mol. The Morgan fingerprint density at radius 2 is 2.09 bits per heavy atom. The van der Waals surface area contributed by atoms with E-state index in [0.717, 1.165) is 21.2 Å². The molecule has 0 fully saturated rings. The van der Waals surface area contributed by atoms with Crippen LogP contribution in [0, 0.1) is 6.92 Å². The van der Waals surface area contributed by atoms with Gasteiger partial charge in [0.15, 0.2) is 10.9 Å². The summed E-state index contributed by atoms with van der Waals surface area (Å²) in [6.45, 7) is 2.02. The molecule has 0 bridgehead atoms. The summed E-state index contributed by atoms with van der Waals surface area (Å²) in [5.74, 6) is -0.0918. The zero-order chi connectivity index (χ0) is 16.0. The number of benzene rings is 2. The van der Waals surface area contributed by atoms with Crippen molar-refractivity contribution in [1.82, 2.24) is 4.98 Å². The van der Waals surface area contributed by atoms with Crippen molar-refractivity contribution in [3.05, 3.63) is 58.8 Å². The predicted octanol–water partition coefficient (Wildman–Crippen LogP) is 5.26. The number of hydrogen-bond donors (Lipinski definition) is 1. The van der Waals surface area contributed by atoms with E-state index < -0.39 is 0 Å². The van der Waals surface area contributed by atoms with E-state index in [2.05, 4.69) is 10.3 Å². The van der Waals surface area contributed by atoms with Gasteiger partial charge in [0.05, 0.1) is 10.2 Å². The summed E-state index contributed by atoms with van der Waals surface area (Å²) in [5.41, 5.74) is 2.65. The highest BCUT2D eigenvalue weighted by Gasteiger charge is 2.15. The molecule has 1 N–H and O–H groups in total. The fourth-order valence-corrected chi connectivity index (χ4v) is 3.51. The van der Waals surface area contributed by atoms with E-state index in [9.17, 15) is 4.79 Å². The maximum Gasteiger partial charge on any atom is 0.293 e. The molecule has 4 nitrogen and oxygen atoms in total. The number of aromatic nitrogens is 1. The summed E-state index contributed by atoms with van der Waals surface area (Å²) < 4.78 is 6.59. The van der Waals surface area contributed by atoms with E-state index in [-0.39, 0.29) is 11.7 Å². The van der Waals surface area contributed by atoms with Gasteiger partial charge in [-0.3, -0.25) is 10.1 Å². The van der Waals surface area contributed by atoms with Crippen LogP contribution < -0.4 is 5.32 Å². The third-order valence-electron chi connectivity index (χ3n) is 3.47. The van der Waals surface area contributed by atoms with Crippen molar-refractivity contribution >= 4 is 55.2 Å². The summed E-state index contributed by atoms with van der Waals surface area (Å²) in [7, 11) is 0. The number of rotatable bonds is 2. The highest BCUT2D eigenvalue weighted by atomic mass is 35.5. The van der Waals surface area contributed by atoms with E-state index in [4.69, 9.17) is 16.0 Å². The van der Waals surface area contributed by atoms with Crippen molar-refractivity contribution in [2.45, 2.75) is 6.92 Å². The minimum absolute atomic E-state index is 0.234. The number of halogens is 1. The lowest BCUT2D eigenvalue weighted by molar-refractivity contribution is 0.0998. The Bertz CT molecular complexity index is 1050. The number of carbonyl (C=O) groups is 1. The standard InChI is InChI=1S/C17H11ClN2O2S/c1-9-2-4-12-15(6-9)23-17(19-12)20-16(21)14-8-10-7-11(18)3-5-13(10)22-14/h2-8H,1H3,(H,19,20,21). The molecule has 4 aromatic rings. The monoisotopic (exact) mass is 342 g/mol. The first-order chi connectivity index (χ1) is 11.1. The molecule has 2 aromatic carbocycles. The van der Waals surface area contributed by atoms with Crippen molar-refractivity contribution < 1.29 is 9.21 Å². The second kappa shape index (κ2) is 5.37. The van der Waals surface area contributed by atoms with Gasteiger partial charge in [-0.05, 0) is 48.9 Å². The third-order valence-corrected chi connectivity index (χ3v) is 4.64. The maximum absolute atomic E-state index is 12.3. The molecule has 0 atom stereocenters. The lowest BCUT2D eigenvalue weighted by atomic mass is 10.2. The van der Waals surface area contributed by atoms with Gasteiger partial charge in [-0.2, -0.15) is 0 Å². The largest absolute Gasteiger partial charge is 0.451 e. The normalized spacial score (nSPS) is 11.2. The van der Waals surface area contributed by atoms with Gasteiger partial charge in [0.2, 0.25) is 0 Å². The summed E-state index contributed by atoms with van der Waals surface area (Å²) in [6, 6.07) is 12.9. The van der Waals surface area contributed by atoms with E-state index in [1.165, 1.54) is 11.3 Å². The Hall–Kier alpha value is -2.37. The number of thiazole rings is 1. The molecule has 0 aliphatic carbocycles. The second-order valence-electron chi connectivity index (χ2n) is 5.24. The highest BCUT2D eigenvalue weighted by Crippen LogP contribution is 2.28. The van der Waals surface area contributed by atoms with Crippen molar-refractivity contribution in [1.29, 1.82) is 0 Å². The van der Waals surface area contributed by atoms with Gasteiger partial charge >= 0.3 is 0 Å². The lowest BCUT2D eigenvalue weighted by Gasteiger charge is -1.96. The Morgan fingerprint density at radius 3 is 2.96 bits per heavy atom. The number of anilines is 1. The van der Waals surface area contributed by atoms with Crippen LogP contribution in [0.4, 0.5) is 5.13 Å². The van der Waals surface area contributed by atoms with E-state index in [1.807, 2.05) is 25.1 Å². The average Bonchev–Trinajstić information content (AvgIpc) is 3.09. The van der Waals surface area contributed by atoms with Crippen LogP contribution in [-0.2, 0) is 0 Å². The number of furan rings is 1. The quantitative estimate of drug-likeness (QED) is 0.540. The number of hydrogen-bond acceptors (Lipinski definition) is 4. The number of carbonyl (C=O) groups excluding carboxylic acids is 1. The topological polar surface area (TPSA) is 55.1 Å². The molecule has 2 heterocycles. The number of nitrogens with zero attached hydrogens (tertiary/aromatic N) is 1. The van der Waals surface area contributed by atoms with Gasteiger partial charge in [-0.15, -0.1) is 0 Å². The highest BCUT2D eigenvalue weighted by molar-refractivity contribution is 7.22. The molecule has 0 unspecified atom stereocenters. The van der Waals surface area contributed by atoms with Crippen molar-refractivity contribution in [2.24, 2.45) is 0 Å². The minimum Gasteiger partial charge on any atom is -0.451 e. The van der Waals surface area contributed by atoms with Crippen LogP contribution in [0.3, 0.4) is 0 Å². The zero-order valence-corrected chi connectivity index (χ0v) is 13.7. The van der Waals surface area contributed by atoms with Gasteiger partial charge in [-0.25, -0.2) is 4.98 Å². The Labute approximate surface area is 140 Å². The number of aryl methyl sites for hydroxylation is 1. The SMILES string of the molecule is Cc1ccc2nc(NC(=O)c3cc4cc(Cl)ccc4o3)sc2c1. The fourth-order valence-electron chi connectivity index (χ4n) is 2.37. The van der Waals surface area contributed by atoms with Crippen LogP contribution in [0.15, 0.2) is 46.9 Å². The number of nitrogens with one attached hydrogen (secondary N) is 1. The van der Waals surface area contributed by atoms with Crippen LogP contribution in [-0.4, -0.2) is 10.9 Å². The first kappa shape index (κ1) is 14.2. The lowest BCUT2D eigenvalue weighted by Crippen LogP contribution is -2.10. The molecule has 0 aliphatic heterocycles. The van der Waals surface area contributed by atoms with E-state index >= 15 is 0 Å². The van der Waals surface area contributed by atoms with Crippen LogP contribution in [0.1, 0.15) is 16.1 Å². The van der Waals surface area contributed by atoms with Crippen LogP contribution >= 0.6 is 22.9 Å². The first-order valence-electron chi connectivity index (χ1n) is 6.96. The predicted molar refractivity (Wildman–Crippen MR) is 93.5 cm³/mol. The summed E-state index contributed by atoms with van der Waals surface area (Å²) in [4.78, 5) is 16.8. The van der Waals surface area contributed by atoms with E-state index in [0.29, 0.717) is 15.7 Å². The van der Waals surface area contributed by atoms with Gasteiger partial charge in [0.1, 0.15) is 5.58 Å². The van der Waals surface area contributed by atoms with Crippen molar-refractivity contribution in [3.63, 3.8) is 0 Å². The average molecular weight is 343 g/mol. The van der Waals surface area contributed by atoms with Crippen LogP contribution in [0.5, 0.6) is 0 Å². The van der Waals surface area contributed by atoms with Gasteiger partial charge in [0, 0.05) is 10.4 Å². The van der Waals surface area contributed by atoms with Crippen molar-refractivity contribution in [2.75, 3.05) is 5.32 Å². The molecule has 0 spiro atoms. The second-order valence-corrected chi connectivity index (χ2v) is 6.70. The van der Waals surface area contributed by atoms with Gasteiger partial charge in [0.25, 0.3) is 5.91 Å². The Balaban J connectivity index is 1.64. The molecule has 114 valence electrons. The molecule has 6 heteroatoms. The molecule has 0 saturated heterocycles. The Morgan fingerprint density at radius 1 is 1.22 bits per heavy atom. The summed E-state index contributed by atoms with van der Waals surface area (Å²) >= 11 is 7.38. The Kier molecular flexibility index (Phi) is 3.32. The summed E-state index contributed by atoms with van der Waals surface area (Å²) in [6.07, 6.45) is 0. The molecule has 0 saturated carbocycles. The third kappa shape index (κ3) is 2.69. The summed E-state index contributed by atoms with van der Waals surface area (Å²) in [5, 5.41) is 4.73. The van der Waals surface area contributed by atoms with E-state index in [1.54, 1.807) is 24.3 Å². The fraction of sp³-hybridized carbons (Fsp3) is 0.0588. The molecule has 23 heavy (non-hydrogen) atoms. The van der Waals surface area contributed by atoms with Crippen LogP contribution in [0.2, 0.25) is 5.02 Å². The molecular formula is C17H11ClN2O2S. The zero-order valence-electron chi connectivity index (χ0n) is 12.1. The maximum atomic E-state index is 12.3. The van der Waals surface area contributed by atoms with Crippen LogP contribution in [0.25, 0.3) is 21.2 Å². The minimum atomic E-state index is -0.326.